The first-order valence-electron chi connectivity index (χ1n) is 6.69. The normalized spacial score (nSPS) is 13.2. The third-order valence-corrected chi connectivity index (χ3v) is 3.69. The number of nitrogens with one attached hydrogen (secondary N) is 1. The Labute approximate surface area is 110 Å². The van der Waals surface area contributed by atoms with Crippen molar-refractivity contribution >= 4 is 11.6 Å². The fourth-order valence-electron chi connectivity index (χ4n) is 2.15. The Morgan fingerprint density at radius 2 is 2.00 bits per heavy atom. The summed E-state index contributed by atoms with van der Waals surface area (Å²) in [4.78, 5) is 0. The Morgan fingerprint density at radius 3 is 2.47 bits per heavy atom. The molecule has 0 aliphatic carbocycles. The number of halogens is 1. The molecule has 98 valence electrons. The van der Waals surface area contributed by atoms with Crippen molar-refractivity contribution in [2.24, 2.45) is 5.92 Å². The smallest absolute Gasteiger partial charge is 0.197 e. The second-order valence-electron chi connectivity index (χ2n) is 4.57. The minimum Gasteiger partial charge on any atom is -0.453 e. The summed E-state index contributed by atoms with van der Waals surface area (Å²) in [7, 11) is 0. The molecule has 17 heavy (non-hydrogen) atoms. The highest BCUT2D eigenvalue weighted by Gasteiger charge is 2.19. The van der Waals surface area contributed by atoms with Crippen molar-refractivity contribution in [2.75, 3.05) is 6.54 Å². The van der Waals surface area contributed by atoms with Gasteiger partial charge in [-0.25, -0.2) is 0 Å². The summed E-state index contributed by atoms with van der Waals surface area (Å²) in [5.41, 5.74) is 1.10. The lowest BCUT2D eigenvalue weighted by atomic mass is 9.92. The number of furan rings is 1. The highest BCUT2D eigenvalue weighted by molar-refractivity contribution is 6.29. The van der Waals surface area contributed by atoms with E-state index in [1.54, 1.807) is 6.26 Å². The molecule has 3 heteroatoms. The Kier molecular flexibility index (Phi) is 6.68. The van der Waals surface area contributed by atoms with Gasteiger partial charge in [0.1, 0.15) is 0 Å². The summed E-state index contributed by atoms with van der Waals surface area (Å²) >= 11 is 6.08. The SMILES string of the molecule is CCCNC(CC(CC)CC)c1ccoc1Cl. The van der Waals surface area contributed by atoms with E-state index >= 15 is 0 Å². The van der Waals surface area contributed by atoms with Crippen molar-refractivity contribution in [1.29, 1.82) is 0 Å². The third kappa shape index (κ3) is 4.36. The largest absolute Gasteiger partial charge is 0.453 e. The van der Waals surface area contributed by atoms with Gasteiger partial charge >= 0.3 is 0 Å². The van der Waals surface area contributed by atoms with Gasteiger partial charge in [0.25, 0.3) is 0 Å². The second kappa shape index (κ2) is 7.78. The van der Waals surface area contributed by atoms with Gasteiger partial charge in [-0.15, -0.1) is 0 Å². The van der Waals surface area contributed by atoms with E-state index in [4.69, 9.17) is 16.0 Å². The van der Waals surface area contributed by atoms with Gasteiger partial charge in [-0.3, -0.25) is 0 Å². The molecule has 0 bridgehead atoms. The van der Waals surface area contributed by atoms with Gasteiger partial charge < -0.3 is 9.73 Å². The van der Waals surface area contributed by atoms with E-state index < -0.39 is 0 Å². The molecule has 0 aromatic carbocycles. The molecule has 0 aliphatic rings. The van der Waals surface area contributed by atoms with Crippen LogP contribution in [0.25, 0.3) is 0 Å². The van der Waals surface area contributed by atoms with Crippen molar-refractivity contribution in [1.82, 2.24) is 5.32 Å². The number of hydrogen-bond donors (Lipinski definition) is 1. The molecule has 0 saturated heterocycles. The summed E-state index contributed by atoms with van der Waals surface area (Å²) in [5, 5.41) is 4.10. The quantitative estimate of drug-likeness (QED) is 0.724. The molecule has 1 rings (SSSR count). The van der Waals surface area contributed by atoms with Gasteiger partial charge in [-0.2, -0.15) is 0 Å². The average Bonchev–Trinajstić information content (AvgIpc) is 2.76. The fraction of sp³-hybridized carbons (Fsp3) is 0.714. The van der Waals surface area contributed by atoms with E-state index in [0.717, 1.165) is 30.9 Å². The van der Waals surface area contributed by atoms with Crippen LogP contribution >= 0.6 is 11.6 Å². The Hall–Kier alpha value is -0.470. The van der Waals surface area contributed by atoms with E-state index in [0.29, 0.717) is 11.3 Å². The highest BCUT2D eigenvalue weighted by Crippen LogP contribution is 2.30. The van der Waals surface area contributed by atoms with Crippen LogP contribution < -0.4 is 5.32 Å². The van der Waals surface area contributed by atoms with E-state index in [2.05, 4.69) is 26.1 Å². The number of hydrogen-bond acceptors (Lipinski definition) is 2. The van der Waals surface area contributed by atoms with Crippen LogP contribution in [0.2, 0.25) is 5.22 Å². The van der Waals surface area contributed by atoms with E-state index in [-0.39, 0.29) is 0 Å². The molecular weight excluding hydrogens is 234 g/mol. The summed E-state index contributed by atoms with van der Waals surface area (Å²) in [6.45, 7) is 7.70. The molecule has 0 fully saturated rings. The molecule has 0 radical (unpaired) electrons. The molecule has 1 unspecified atom stereocenters. The Morgan fingerprint density at radius 1 is 1.29 bits per heavy atom. The maximum atomic E-state index is 6.08. The molecule has 1 N–H and O–H groups in total. The first-order chi connectivity index (χ1) is 8.22. The predicted molar refractivity (Wildman–Crippen MR) is 73.4 cm³/mol. The van der Waals surface area contributed by atoms with Crippen LogP contribution in [0.1, 0.15) is 58.1 Å². The monoisotopic (exact) mass is 257 g/mol. The molecule has 1 heterocycles. The predicted octanol–water partition coefficient (Wildman–Crippen LogP) is 4.80. The average molecular weight is 258 g/mol. The maximum Gasteiger partial charge on any atom is 0.197 e. The lowest BCUT2D eigenvalue weighted by Gasteiger charge is -2.22. The van der Waals surface area contributed by atoms with Crippen LogP contribution in [-0.4, -0.2) is 6.54 Å². The van der Waals surface area contributed by atoms with Gasteiger partial charge in [-0.1, -0.05) is 33.6 Å². The lowest BCUT2D eigenvalue weighted by Crippen LogP contribution is -2.24. The molecule has 2 nitrogen and oxygen atoms in total. The Bertz CT molecular complexity index is 307. The summed E-state index contributed by atoms with van der Waals surface area (Å²) in [5.74, 6) is 0.746. The van der Waals surface area contributed by atoms with E-state index in [1.165, 1.54) is 12.8 Å². The zero-order valence-corrected chi connectivity index (χ0v) is 11.9. The standard InChI is InChI=1S/C14H24ClNO/c1-4-8-16-13(10-11(5-2)6-3)12-7-9-17-14(12)15/h7,9,11,13,16H,4-6,8,10H2,1-3H3. The minimum absolute atomic E-state index is 0.325. The first-order valence-corrected chi connectivity index (χ1v) is 7.06. The maximum absolute atomic E-state index is 6.08. The summed E-state index contributed by atoms with van der Waals surface area (Å²) < 4.78 is 5.20. The van der Waals surface area contributed by atoms with Gasteiger partial charge in [0, 0.05) is 11.6 Å². The van der Waals surface area contributed by atoms with Gasteiger partial charge in [0.05, 0.1) is 6.26 Å². The molecule has 1 aromatic heterocycles. The lowest BCUT2D eigenvalue weighted by molar-refractivity contribution is 0.369. The van der Waals surface area contributed by atoms with Crippen LogP contribution in [0.4, 0.5) is 0 Å². The van der Waals surface area contributed by atoms with Crippen molar-refractivity contribution in [3.05, 3.63) is 23.1 Å². The number of rotatable bonds is 8. The van der Waals surface area contributed by atoms with Crippen LogP contribution in [0.15, 0.2) is 16.7 Å². The van der Waals surface area contributed by atoms with Crippen LogP contribution in [0.5, 0.6) is 0 Å². The van der Waals surface area contributed by atoms with Crippen molar-refractivity contribution in [3.63, 3.8) is 0 Å². The molecule has 1 atom stereocenters. The van der Waals surface area contributed by atoms with Crippen LogP contribution in [-0.2, 0) is 0 Å². The zero-order chi connectivity index (χ0) is 12.7. The molecule has 0 aliphatic heterocycles. The molecule has 0 spiro atoms. The molecular formula is C14H24ClNO. The van der Waals surface area contributed by atoms with Gasteiger partial charge in [-0.05, 0) is 43.0 Å². The highest BCUT2D eigenvalue weighted by atomic mass is 35.5. The van der Waals surface area contributed by atoms with Crippen molar-refractivity contribution < 1.29 is 4.42 Å². The van der Waals surface area contributed by atoms with Crippen molar-refractivity contribution in [2.45, 2.75) is 52.5 Å². The summed E-state index contributed by atoms with van der Waals surface area (Å²) in [6.07, 6.45) is 6.37. The van der Waals surface area contributed by atoms with Gasteiger partial charge in [0.15, 0.2) is 5.22 Å². The van der Waals surface area contributed by atoms with E-state index in [9.17, 15) is 0 Å². The van der Waals surface area contributed by atoms with E-state index in [1.807, 2.05) is 6.07 Å². The Balaban J connectivity index is 2.70. The topological polar surface area (TPSA) is 25.2 Å². The minimum atomic E-state index is 0.325. The molecule has 1 aromatic rings. The van der Waals surface area contributed by atoms with Crippen molar-refractivity contribution in [3.8, 4) is 0 Å². The molecule has 0 amide bonds. The van der Waals surface area contributed by atoms with Crippen LogP contribution in [0, 0.1) is 5.92 Å². The fourth-order valence-corrected chi connectivity index (χ4v) is 2.39. The summed E-state index contributed by atoms with van der Waals surface area (Å²) in [6, 6.07) is 2.31. The van der Waals surface area contributed by atoms with Crippen LogP contribution in [0.3, 0.4) is 0 Å². The van der Waals surface area contributed by atoms with Gasteiger partial charge in [0.2, 0.25) is 0 Å². The first kappa shape index (κ1) is 14.6. The zero-order valence-electron chi connectivity index (χ0n) is 11.1. The second-order valence-corrected chi connectivity index (χ2v) is 4.92. The third-order valence-electron chi connectivity index (χ3n) is 3.39. The molecule has 0 saturated carbocycles.